The van der Waals surface area contributed by atoms with Gasteiger partial charge in [0.2, 0.25) is 0 Å². The average molecular weight is 497 g/mol. The summed E-state index contributed by atoms with van der Waals surface area (Å²) in [5.41, 5.74) is 13.8. The molecule has 184 valence electrons. The number of anilines is 1. The minimum Gasteiger partial charge on any atom is -0.465 e. The number of hydrogen-bond donors (Lipinski definition) is 2. The van der Waals surface area contributed by atoms with E-state index < -0.39 is 5.97 Å². The molecule has 0 radical (unpaired) electrons. The zero-order chi connectivity index (χ0) is 26.2. The van der Waals surface area contributed by atoms with E-state index in [-0.39, 0.29) is 0 Å². The van der Waals surface area contributed by atoms with Gasteiger partial charge in [-0.2, -0.15) is 0 Å². The summed E-state index contributed by atoms with van der Waals surface area (Å²) in [4.78, 5) is 13.5. The fraction of sp³-hybridized carbons (Fsp3) is 0.0303. The van der Waals surface area contributed by atoms with Crippen molar-refractivity contribution in [2.24, 2.45) is 0 Å². The van der Waals surface area contributed by atoms with Gasteiger partial charge in [-0.15, -0.1) is 0 Å². The largest absolute Gasteiger partial charge is 0.465 e. The van der Waals surface area contributed by atoms with E-state index >= 15 is 0 Å². The Balaban J connectivity index is 1.82. The Kier molecular flexibility index (Phi) is 5.74. The van der Waals surface area contributed by atoms with Crippen LogP contribution in [0.2, 0.25) is 0 Å². The van der Waals surface area contributed by atoms with Crippen LogP contribution in [-0.4, -0.2) is 13.1 Å². The Hall–Kier alpha value is -5.16. The standard InChI is InChI=1S/C33H24N2O3/c1-37-33(36)28-17-22(20-8-4-2-5-9-20)16-27(21-10-6-3-7-11-21)32(28)31-25-14-12-23(34)18-29(25)38-30-19-24(35)13-15-26(30)31/h2-19,34H,35H2,1H3. The van der Waals surface area contributed by atoms with Crippen LogP contribution >= 0.6 is 0 Å². The molecule has 3 N–H and O–H groups in total. The summed E-state index contributed by atoms with van der Waals surface area (Å²) in [5.74, 6) is 0.0946. The predicted octanol–water partition coefficient (Wildman–Crippen LogP) is 7.39. The first-order valence-electron chi connectivity index (χ1n) is 12.2. The lowest BCUT2D eigenvalue weighted by Gasteiger charge is -2.22. The van der Waals surface area contributed by atoms with E-state index in [4.69, 9.17) is 20.3 Å². The second-order valence-electron chi connectivity index (χ2n) is 9.11. The zero-order valence-corrected chi connectivity index (χ0v) is 20.7. The van der Waals surface area contributed by atoms with Gasteiger partial charge in [-0.1, -0.05) is 60.7 Å². The molecule has 5 nitrogen and oxygen atoms in total. The topological polar surface area (TPSA) is 89.3 Å². The molecule has 0 fully saturated rings. The molecular formula is C33H24N2O3. The molecule has 5 heteroatoms. The SMILES string of the molecule is COC(=O)c1cc(-c2ccccc2)cc(-c2ccccc2)c1-c1c2ccc(=N)cc-2oc2cc(N)ccc12. The lowest BCUT2D eigenvalue weighted by molar-refractivity contribution is 0.0601. The van der Waals surface area contributed by atoms with E-state index in [2.05, 4.69) is 6.07 Å². The normalized spacial score (nSPS) is 11.1. The maximum Gasteiger partial charge on any atom is 0.338 e. The number of fused-ring (bicyclic) bond motifs is 2. The number of hydrogen-bond acceptors (Lipinski definition) is 5. The van der Waals surface area contributed by atoms with Gasteiger partial charge in [-0.25, -0.2) is 4.79 Å². The summed E-state index contributed by atoms with van der Waals surface area (Å²) in [6, 6.07) is 34.8. The highest BCUT2D eigenvalue weighted by molar-refractivity contribution is 6.12. The van der Waals surface area contributed by atoms with Crippen LogP contribution in [0.5, 0.6) is 0 Å². The third kappa shape index (κ3) is 4.00. The fourth-order valence-electron chi connectivity index (χ4n) is 5.00. The average Bonchev–Trinajstić information content (AvgIpc) is 2.95. The second kappa shape index (κ2) is 9.37. The maximum atomic E-state index is 13.5. The van der Waals surface area contributed by atoms with Crippen molar-refractivity contribution in [3.63, 3.8) is 0 Å². The number of rotatable bonds is 4. The Labute approximate surface area is 219 Å². The van der Waals surface area contributed by atoms with Gasteiger partial charge >= 0.3 is 5.97 Å². The highest BCUT2D eigenvalue weighted by Crippen LogP contribution is 2.47. The molecule has 0 saturated carbocycles. The van der Waals surface area contributed by atoms with Gasteiger partial charge in [0, 0.05) is 39.9 Å². The summed E-state index contributed by atoms with van der Waals surface area (Å²) >= 11 is 0. The van der Waals surface area contributed by atoms with Crippen molar-refractivity contribution >= 4 is 22.6 Å². The van der Waals surface area contributed by atoms with E-state index in [9.17, 15) is 4.79 Å². The first-order valence-corrected chi connectivity index (χ1v) is 12.2. The van der Waals surface area contributed by atoms with E-state index in [0.717, 1.165) is 44.3 Å². The summed E-state index contributed by atoms with van der Waals surface area (Å²) < 4.78 is 11.5. The number of ether oxygens (including phenoxy) is 1. The van der Waals surface area contributed by atoms with E-state index in [1.54, 1.807) is 18.2 Å². The molecule has 0 amide bonds. The van der Waals surface area contributed by atoms with E-state index in [1.165, 1.54) is 7.11 Å². The van der Waals surface area contributed by atoms with Crippen LogP contribution in [0.15, 0.2) is 114 Å². The summed E-state index contributed by atoms with van der Waals surface area (Å²) in [6.45, 7) is 0. The summed E-state index contributed by atoms with van der Waals surface area (Å²) in [5, 5.41) is 9.31. The Morgan fingerprint density at radius 3 is 2.16 bits per heavy atom. The molecule has 0 bridgehead atoms. The van der Waals surface area contributed by atoms with Crippen molar-refractivity contribution in [1.29, 1.82) is 5.41 Å². The molecule has 1 heterocycles. The van der Waals surface area contributed by atoms with Gasteiger partial charge in [0.1, 0.15) is 11.3 Å². The van der Waals surface area contributed by atoms with Crippen LogP contribution in [0.1, 0.15) is 10.4 Å². The van der Waals surface area contributed by atoms with Crippen LogP contribution in [0.25, 0.3) is 55.7 Å². The zero-order valence-electron chi connectivity index (χ0n) is 20.7. The number of carbonyl (C=O) groups excluding carboxylic acids is 1. The number of methoxy groups -OCH3 is 1. The van der Waals surface area contributed by atoms with Crippen LogP contribution in [-0.2, 0) is 4.74 Å². The first kappa shape index (κ1) is 23.3. The Bertz CT molecular complexity index is 1840. The number of carbonyl (C=O) groups is 1. The van der Waals surface area contributed by atoms with Crippen molar-refractivity contribution in [2.45, 2.75) is 0 Å². The Morgan fingerprint density at radius 2 is 1.45 bits per heavy atom. The molecule has 0 atom stereocenters. The highest BCUT2D eigenvalue weighted by atomic mass is 16.5. The van der Waals surface area contributed by atoms with Gasteiger partial charge in [-0.05, 0) is 58.7 Å². The number of esters is 1. The number of nitrogen functional groups attached to an aromatic ring is 1. The summed E-state index contributed by atoms with van der Waals surface area (Å²) in [7, 11) is 1.40. The van der Waals surface area contributed by atoms with E-state index in [1.807, 2.05) is 84.9 Å². The fourth-order valence-corrected chi connectivity index (χ4v) is 5.00. The maximum absolute atomic E-state index is 13.5. The van der Waals surface area contributed by atoms with Crippen LogP contribution in [0, 0.1) is 5.41 Å². The molecule has 4 aromatic carbocycles. The molecule has 0 saturated heterocycles. The number of benzene rings is 5. The number of nitrogens with two attached hydrogens (primary N) is 1. The Morgan fingerprint density at radius 1 is 0.737 bits per heavy atom. The molecule has 2 aliphatic rings. The molecule has 4 aromatic rings. The molecule has 1 aliphatic carbocycles. The lowest BCUT2D eigenvalue weighted by Crippen LogP contribution is -2.08. The molecule has 6 rings (SSSR count). The van der Waals surface area contributed by atoms with Crippen molar-refractivity contribution in [3.8, 4) is 44.7 Å². The van der Waals surface area contributed by atoms with E-state index in [0.29, 0.717) is 28.0 Å². The van der Waals surface area contributed by atoms with Crippen molar-refractivity contribution in [1.82, 2.24) is 0 Å². The smallest absolute Gasteiger partial charge is 0.338 e. The molecule has 0 unspecified atom stereocenters. The first-order chi connectivity index (χ1) is 18.5. The molecule has 38 heavy (non-hydrogen) atoms. The van der Waals surface area contributed by atoms with Gasteiger partial charge in [-0.3, -0.25) is 0 Å². The molecule has 0 aromatic heterocycles. The molecule has 1 aliphatic heterocycles. The van der Waals surface area contributed by atoms with Crippen LogP contribution < -0.4 is 11.1 Å². The van der Waals surface area contributed by atoms with Crippen molar-refractivity contribution in [3.05, 3.63) is 120 Å². The van der Waals surface area contributed by atoms with Crippen LogP contribution in [0.3, 0.4) is 0 Å². The van der Waals surface area contributed by atoms with Crippen molar-refractivity contribution in [2.75, 3.05) is 12.8 Å². The molecular weight excluding hydrogens is 472 g/mol. The quantitative estimate of drug-likeness (QED) is 0.151. The molecule has 0 spiro atoms. The van der Waals surface area contributed by atoms with Crippen LogP contribution in [0.4, 0.5) is 5.69 Å². The third-order valence-corrected chi connectivity index (χ3v) is 6.73. The predicted molar refractivity (Wildman–Crippen MR) is 151 cm³/mol. The highest BCUT2D eigenvalue weighted by Gasteiger charge is 2.26. The monoisotopic (exact) mass is 496 g/mol. The second-order valence-corrected chi connectivity index (χ2v) is 9.11. The van der Waals surface area contributed by atoms with Gasteiger partial charge in [0.25, 0.3) is 0 Å². The lowest BCUT2D eigenvalue weighted by atomic mass is 9.83. The minimum atomic E-state index is -0.440. The summed E-state index contributed by atoms with van der Waals surface area (Å²) in [6.07, 6.45) is 0. The van der Waals surface area contributed by atoms with Crippen molar-refractivity contribution < 1.29 is 13.9 Å². The van der Waals surface area contributed by atoms with Gasteiger partial charge < -0.3 is 20.3 Å². The van der Waals surface area contributed by atoms with Gasteiger partial charge in [0.05, 0.1) is 18.0 Å². The third-order valence-electron chi connectivity index (χ3n) is 6.73. The number of nitrogens with one attached hydrogen (secondary N) is 1. The minimum absolute atomic E-state index is 0.325. The van der Waals surface area contributed by atoms with Gasteiger partial charge in [0.15, 0.2) is 0 Å².